The maximum absolute atomic E-state index is 12.5. The average Bonchev–Trinajstić information content (AvgIpc) is 3.08. The molecule has 1 aromatic rings. The summed E-state index contributed by atoms with van der Waals surface area (Å²) in [4.78, 5) is 2.48. The summed E-state index contributed by atoms with van der Waals surface area (Å²) in [6.07, 6.45) is 3.91. The van der Waals surface area contributed by atoms with Crippen molar-refractivity contribution in [3.8, 4) is 0 Å². The number of rotatable bonds is 6. The summed E-state index contributed by atoms with van der Waals surface area (Å²) in [6.45, 7) is 3.35. The maximum atomic E-state index is 12.5. The lowest BCUT2D eigenvalue weighted by Crippen LogP contribution is -2.48. The van der Waals surface area contributed by atoms with Gasteiger partial charge in [0.15, 0.2) is 0 Å². The summed E-state index contributed by atoms with van der Waals surface area (Å²) in [6, 6.07) is 3.17. The summed E-state index contributed by atoms with van der Waals surface area (Å²) in [5.41, 5.74) is 0. The van der Waals surface area contributed by atoms with E-state index < -0.39 is 16.1 Å². The van der Waals surface area contributed by atoms with Gasteiger partial charge in [-0.1, -0.05) is 11.6 Å². The van der Waals surface area contributed by atoms with E-state index in [0.717, 1.165) is 63.3 Å². The molecule has 1 aromatic heterocycles. The number of morpholine rings is 1. The van der Waals surface area contributed by atoms with Crippen molar-refractivity contribution >= 4 is 33.0 Å². The maximum Gasteiger partial charge on any atom is 0.250 e. The van der Waals surface area contributed by atoms with Crippen molar-refractivity contribution in [1.29, 1.82) is 0 Å². The summed E-state index contributed by atoms with van der Waals surface area (Å²) >= 11 is 6.87. The van der Waals surface area contributed by atoms with Crippen LogP contribution in [-0.4, -0.2) is 63.4 Å². The zero-order chi connectivity index (χ0) is 17.9. The van der Waals surface area contributed by atoms with Crippen LogP contribution in [0.3, 0.4) is 0 Å². The first-order chi connectivity index (χ1) is 12.0. The number of hydrogen-bond acceptors (Lipinski definition) is 6. The Morgan fingerprint density at radius 3 is 2.52 bits per heavy atom. The van der Waals surface area contributed by atoms with Crippen LogP contribution in [0.1, 0.15) is 25.7 Å². The fourth-order valence-corrected chi connectivity index (χ4v) is 6.59. The van der Waals surface area contributed by atoms with Gasteiger partial charge in [0.05, 0.1) is 24.2 Å². The lowest BCUT2D eigenvalue weighted by molar-refractivity contribution is 0.00276. The van der Waals surface area contributed by atoms with Gasteiger partial charge < -0.3 is 9.84 Å². The summed E-state index contributed by atoms with van der Waals surface area (Å²) in [5.74, 6) is 0.160. The molecule has 142 valence electrons. The van der Waals surface area contributed by atoms with Gasteiger partial charge in [-0.2, -0.15) is 0 Å². The second kappa shape index (κ2) is 8.65. The van der Waals surface area contributed by atoms with E-state index in [1.54, 1.807) is 6.07 Å². The lowest BCUT2D eigenvalue weighted by Gasteiger charge is -2.40. The van der Waals surface area contributed by atoms with E-state index in [1.165, 1.54) is 6.07 Å². The SMILES string of the molecule is O=S(=O)(N[C@H](CO)C1CCC(N2CCOCC2)CC1)c1ccc(Cl)s1. The van der Waals surface area contributed by atoms with E-state index >= 15 is 0 Å². The number of thiophene rings is 1. The summed E-state index contributed by atoms with van der Waals surface area (Å²) < 4.78 is 33.7. The van der Waals surface area contributed by atoms with Gasteiger partial charge in [0.2, 0.25) is 10.0 Å². The normalized spacial score (nSPS) is 27.3. The molecule has 1 saturated carbocycles. The third kappa shape index (κ3) is 4.94. The van der Waals surface area contributed by atoms with Crippen molar-refractivity contribution in [1.82, 2.24) is 9.62 Å². The predicted octanol–water partition coefficient (Wildman–Crippen LogP) is 1.93. The quantitative estimate of drug-likeness (QED) is 0.751. The molecule has 1 atom stereocenters. The third-order valence-electron chi connectivity index (χ3n) is 5.19. The van der Waals surface area contributed by atoms with Crippen LogP contribution < -0.4 is 4.72 Å². The molecule has 0 aromatic carbocycles. The molecule has 0 unspecified atom stereocenters. The Hall–Kier alpha value is -0.220. The highest BCUT2D eigenvalue weighted by molar-refractivity contribution is 7.91. The van der Waals surface area contributed by atoms with E-state index in [-0.39, 0.29) is 16.7 Å². The van der Waals surface area contributed by atoms with E-state index in [1.807, 2.05) is 0 Å². The number of ether oxygens (including phenoxy) is 1. The van der Waals surface area contributed by atoms with Crippen LogP contribution >= 0.6 is 22.9 Å². The molecule has 3 rings (SSSR count). The molecule has 2 aliphatic rings. The fourth-order valence-electron chi connectivity index (χ4n) is 3.79. The van der Waals surface area contributed by atoms with Crippen molar-refractivity contribution in [3.63, 3.8) is 0 Å². The zero-order valence-electron chi connectivity index (χ0n) is 14.1. The molecule has 1 aliphatic carbocycles. The molecule has 25 heavy (non-hydrogen) atoms. The molecule has 6 nitrogen and oxygen atoms in total. The van der Waals surface area contributed by atoms with Crippen molar-refractivity contribution < 1.29 is 18.3 Å². The topological polar surface area (TPSA) is 78.9 Å². The van der Waals surface area contributed by atoms with Gasteiger partial charge >= 0.3 is 0 Å². The first-order valence-electron chi connectivity index (χ1n) is 8.70. The zero-order valence-corrected chi connectivity index (χ0v) is 16.5. The monoisotopic (exact) mass is 408 g/mol. The van der Waals surface area contributed by atoms with Gasteiger partial charge in [-0.3, -0.25) is 4.90 Å². The molecular formula is C16H25ClN2O4S2. The molecule has 2 heterocycles. The minimum absolute atomic E-state index is 0.160. The van der Waals surface area contributed by atoms with Crippen LogP contribution in [0.15, 0.2) is 16.3 Å². The molecule has 2 N–H and O–H groups in total. The van der Waals surface area contributed by atoms with Crippen molar-refractivity contribution in [2.24, 2.45) is 5.92 Å². The molecule has 0 spiro atoms. The van der Waals surface area contributed by atoms with Crippen LogP contribution in [0, 0.1) is 5.92 Å². The summed E-state index contributed by atoms with van der Waals surface area (Å²) in [7, 11) is -3.64. The van der Waals surface area contributed by atoms with Crippen LogP contribution in [0.5, 0.6) is 0 Å². The number of aliphatic hydroxyl groups is 1. The largest absolute Gasteiger partial charge is 0.395 e. The van der Waals surface area contributed by atoms with Crippen LogP contribution in [0.25, 0.3) is 0 Å². The molecule has 0 amide bonds. The Morgan fingerprint density at radius 2 is 1.96 bits per heavy atom. The third-order valence-corrected chi connectivity index (χ3v) is 8.40. The first-order valence-corrected chi connectivity index (χ1v) is 11.4. The molecule has 0 radical (unpaired) electrons. The Kier molecular flexibility index (Phi) is 6.76. The Labute approximate surface area is 158 Å². The van der Waals surface area contributed by atoms with Crippen LogP contribution in [0.4, 0.5) is 0 Å². The van der Waals surface area contributed by atoms with Gasteiger partial charge in [0, 0.05) is 25.2 Å². The van der Waals surface area contributed by atoms with Crippen molar-refractivity contribution in [2.75, 3.05) is 32.9 Å². The number of hydrogen-bond donors (Lipinski definition) is 2. The van der Waals surface area contributed by atoms with E-state index in [9.17, 15) is 13.5 Å². The first kappa shape index (κ1) is 19.5. The molecule has 1 aliphatic heterocycles. The van der Waals surface area contributed by atoms with E-state index in [2.05, 4.69) is 9.62 Å². The number of nitrogens with one attached hydrogen (secondary N) is 1. The second-order valence-corrected chi connectivity index (χ2v) is 10.3. The van der Waals surface area contributed by atoms with Crippen LogP contribution in [-0.2, 0) is 14.8 Å². The van der Waals surface area contributed by atoms with Crippen molar-refractivity contribution in [2.45, 2.75) is 42.0 Å². The predicted molar refractivity (Wildman–Crippen MR) is 98.7 cm³/mol. The lowest BCUT2D eigenvalue weighted by atomic mass is 9.81. The number of halogens is 1. The molecule has 0 bridgehead atoms. The summed E-state index contributed by atoms with van der Waals surface area (Å²) in [5, 5.41) is 9.73. The van der Waals surface area contributed by atoms with Crippen LogP contribution in [0.2, 0.25) is 4.34 Å². The molecular weight excluding hydrogens is 384 g/mol. The minimum Gasteiger partial charge on any atom is -0.395 e. The standard InChI is InChI=1S/C16H25ClN2O4S2/c17-15-5-6-16(24-15)25(21,22)18-14(11-20)12-1-3-13(4-2-12)19-7-9-23-10-8-19/h5-6,12-14,18,20H,1-4,7-11H2/t12?,13?,14-/m1/s1. The number of sulfonamides is 1. The number of nitrogens with zero attached hydrogens (tertiary/aromatic N) is 1. The number of aliphatic hydroxyl groups excluding tert-OH is 1. The van der Waals surface area contributed by atoms with Crippen molar-refractivity contribution in [3.05, 3.63) is 16.5 Å². The molecule has 1 saturated heterocycles. The van der Waals surface area contributed by atoms with Gasteiger partial charge in [0.1, 0.15) is 4.21 Å². The highest BCUT2D eigenvalue weighted by Gasteiger charge is 2.33. The van der Waals surface area contributed by atoms with Gasteiger partial charge in [-0.05, 0) is 43.7 Å². The van der Waals surface area contributed by atoms with Gasteiger partial charge in [-0.25, -0.2) is 13.1 Å². The van der Waals surface area contributed by atoms with E-state index in [4.69, 9.17) is 16.3 Å². The van der Waals surface area contributed by atoms with E-state index in [0.29, 0.717) is 10.4 Å². The molecule has 9 heteroatoms. The minimum atomic E-state index is -3.64. The highest BCUT2D eigenvalue weighted by Crippen LogP contribution is 2.31. The Morgan fingerprint density at radius 1 is 1.28 bits per heavy atom. The van der Waals surface area contributed by atoms with Gasteiger partial charge in [-0.15, -0.1) is 11.3 Å². The average molecular weight is 409 g/mol. The smallest absolute Gasteiger partial charge is 0.250 e. The fraction of sp³-hybridized carbons (Fsp3) is 0.750. The molecule has 2 fully saturated rings. The Balaban J connectivity index is 1.57. The second-order valence-electron chi connectivity index (χ2n) is 6.69. The van der Waals surface area contributed by atoms with Gasteiger partial charge in [0.25, 0.3) is 0 Å². The highest BCUT2D eigenvalue weighted by atomic mass is 35.5. The Bertz CT molecular complexity index is 653.